The van der Waals surface area contributed by atoms with Crippen molar-refractivity contribution in [1.82, 2.24) is 0 Å². The van der Waals surface area contributed by atoms with Crippen LogP contribution in [0.4, 0.5) is 0 Å². The standard InChI is InChI=1S/C8H10N2O/c11-8-5-9-10-7-4-2-1-3-6(7)8/h5-6H,1-4H2. The summed E-state index contributed by atoms with van der Waals surface area (Å²) >= 11 is 0. The molecule has 0 bridgehead atoms. The summed E-state index contributed by atoms with van der Waals surface area (Å²) in [5, 5.41) is 7.62. The van der Waals surface area contributed by atoms with E-state index in [1.165, 1.54) is 6.21 Å². The van der Waals surface area contributed by atoms with Crippen molar-refractivity contribution in [3.8, 4) is 0 Å². The molecule has 1 aliphatic carbocycles. The Morgan fingerprint density at radius 3 is 3.18 bits per heavy atom. The Morgan fingerprint density at radius 1 is 1.45 bits per heavy atom. The lowest BCUT2D eigenvalue weighted by Gasteiger charge is -2.22. The Morgan fingerprint density at radius 2 is 2.36 bits per heavy atom. The van der Waals surface area contributed by atoms with Crippen molar-refractivity contribution in [3.05, 3.63) is 0 Å². The summed E-state index contributed by atoms with van der Waals surface area (Å²) in [5.41, 5.74) is 1.00. The van der Waals surface area contributed by atoms with Gasteiger partial charge in [-0.25, -0.2) is 0 Å². The maximum atomic E-state index is 11.2. The summed E-state index contributed by atoms with van der Waals surface area (Å²) in [6, 6.07) is 0. The number of carbonyl (C=O) groups excluding carboxylic acids is 1. The molecule has 2 rings (SSSR count). The van der Waals surface area contributed by atoms with Crippen LogP contribution in [0.25, 0.3) is 0 Å². The van der Waals surface area contributed by atoms with Crippen LogP contribution in [-0.4, -0.2) is 17.7 Å². The number of fused-ring (bicyclic) bond motifs is 1. The largest absolute Gasteiger partial charge is 0.292 e. The normalized spacial score (nSPS) is 29.6. The topological polar surface area (TPSA) is 41.8 Å². The number of Topliss-reactive ketones (excluding diaryl/α,β-unsaturated/α-hetero) is 1. The lowest BCUT2D eigenvalue weighted by atomic mass is 9.84. The second-order valence-electron chi connectivity index (χ2n) is 3.04. The van der Waals surface area contributed by atoms with Crippen LogP contribution in [0.3, 0.4) is 0 Å². The van der Waals surface area contributed by atoms with Gasteiger partial charge in [0.25, 0.3) is 0 Å². The smallest absolute Gasteiger partial charge is 0.184 e. The molecule has 0 aromatic heterocycles. The van der Waals surface area contributed by atoms with Gasteiger partial charge in [0.2, 0.25) is 0 Å². The van der Waals surface area contributed by atoms with Crippen LogP contribution >= 0.6 is 0 Å². The zero-order chi connectivity index (χ0) is 7.68. The molecule has 0 aromatic carbocycles. The number of ketones is 1. The van der Waals surface area contributed by atoms with Gasteiger partial charge in [0.15, 0.2) is 5.78 Å². The third-order valence-corrected chi connectivity index (χ3v) is 2.29. The molecule has 58 valence electrons. The highest BCUT2D eigenvalue weighted by atomic mass is 16.1. The molecule has 2 aliphatic rings. The van der Waals surface area contributed by atoms with Crippen LogP contribution in [0.15, 0.2) is 10.2 Å². The first-order chi connectivity index (χ1) is 5.38. The van der Waals surface area contributed by atoms with Crippen molar-refractivity contribution in [1.29, 1.82) is 0 Å². The van der Waals surface area contributed by atoms with Crippen molar-refractivity contribution in [2.24, 2.45) is 16.1 Å². The van der Waals surface area contributed by atoms with E-state index in [1.54, 1.807) is 0 Å². The van der Waals surface area contributed by atoms with Gasteiger partial charge in [-0.15, -0.1) is 0 Å². The van der Waals surface area contributed by atoms with Gasteiger partial charge in [-0.1, -0.05) is 6.42 Å². The Labute approximate surface area is 65.2 Å². The SMILES string of the molecule is O=C1C=NN=C2CCCCC12. The minimum absolute atomic E-state index is 0.0845. The highest BCUT2D eigenvalue weighted by Gasteiger charge is 2.27. The number of hydrogen-bond acceptors (Lipinski definition) is 3. The lowest BCUT2D eigenvalue weighted by molar-refractivity contribution is -0.114. The Balaban J connectivity index is 2.25. The molecule has 0 spiro atoms. The van der Waals surface area contributed by atoms with Crippen molar-refractivity contribution < 1.29 is 4.79 Å². The number of hydrogen-bond donors (Lipinski definition) is 0. The lowest BCUT2D eigenvalue weighted by Crippen LogP contribution is -2.30. The molecule has 0 aromatic rings. The predicted molar refractivity (Wildman–Crippen MR) is 42.9 cm³/mol. The van der Waals surface area contributed by atoms with Crippen LogP contribution in [0, 0.1) is 5.92 Å². The van der Waals surface area contributed by atoms with Gasteiger partial charge < -0.3 is 0 Å². The minimum Gasteiger partial charge on any atom is -0.292 e. The van der Waals surface area contributed by atoms with E-state index in [-0.39, 0.29) is 11.7 Å². The fourth-order valence-electron chi connectivity index (χ4n) is 1.67. The van der Waals surface area contributed by atoms with E-state index in [4.69, 9.17) is 0 Å². The van der Waals surface area contributed by atoms with Crippen LogP contribution in [0.2, 0.25) is 0 Å². The second kappa shape index (κ2) is 2.57. The van der Waals surface area contributed by atoms with Crippen LogP contribution in [0.1, 0.15) is 25.7 Å². The average molecular weight is 150 g/mol. The maximum absolute atomic E-state index is 11.2. The van der Waals surface area contributed by atoms with Gasteiger partial charge in [0.1, 0.15) is 0 Å². The molecular weight excluding hydrogens is 140 g/mol. The fourth-order valence-corrected chi connectivity index (χ4v) is 1.67. The average Bonchev–Trinajstić information content (AvgIpc) is 2.06. The Bertz CT molecular complexity index is 242. The molecule has 3 heteroatoms. The Hall–Kier alpha value is -0.990. The molecule has 1 fully saturated rings. The van der Waals surface area contributed by atoms with Gasteiger partial charge in [-0.3, -0.25) is 4.79 Å². The van der Waals surface area contributed by atoms with Crippen molar-refractivity contribution in [2.75, 3.05) is 0 Å². The quantitative estimate of drug-likeness (QED) is 0.511. The van der Waals surface area contributed by atoms with E-state index in [1.807, 2.05) is 0 Å². The summed E-state index contributed by atoms with van der Waals surface area (Å²) in [4.78, 5) is 11.2. The first kappa shape index (κ1) is 6.70. The molecule has 0 radical (unpaired) electrons. The molecule has 1 atom stereocenters. The monoisotopic (exact) mass is 150 g/mol. The predicted octanol–water partition coefficient (Wildman–Crippen LogP) is 1.19. The van der Waals surface area contributed by atoms with Gasteiger partial charge >= 0.3 is 0 Å². The number of carbonyl (C=O) groups is 1. The number of rotatable bonds is 0. The number of nitrogens with zero attached hydrogens (tertiary/aromatic N) is 2. The first-order valence-corrected chi connectivity index (χ1v) is 4.01. The van der Waals surface area contributed by atoms with Gasteiger partial charge in [-0.05, 0) is 19.3 Å². The second-order valence-corrected chi connectivity index (χ2v) is 3.04. The molecular formula is C8H10N2O. The van der Waals surface area contributed by atoms with Gasteiger partial charge in [-0.2, -0.15) is 10.2 Å². The molecule has 0 N–H and O–H groups in total. The van der Waals surface area contributed by atoms with E-state index >= 15 is 0 Å². The van der Waals surface area contributed by atoms with Gasteiger partial charge in [0.05, 0.1) is 17.8 Å². The molecule has 0 saturated heterocycles. The van der Waals surface area contributed by atoms with E-state index in [2.05, 4.69) is 10.2 Å². The molecule has 0 amide bonds. The minimum atomic E-state index is 0.0845. The molecule has 11 heavy (non-hydrogen) atoms. The third-order valence-electron chi connectivity index (χ3n) is 2.29. The highest BCUT2D eigenvalue weighted by Crippen LogP contribution is 2.23. The van der Waals surface area contributed by atoms with Crippen molar-refractivity contribution in [3.63, 3.8) is 0 Å². The molecule has 1 heterocycles. The zero-order valence-electron chi connectivity index (χ0n) is 6.29. The zero-order valence-corrected chi connectivity index (χ0v) is 6.29. The molecule has 1 saturated carbocycles. The summed E-state index contributed by atoms with van der Waals surface area (Å²) in [6.45, 7) is 0. The summed E-state index contributed by atoms with van der Waals surface area (Å²) in [6.07, 6.45) is 5.61. The van der Waals surface area contributed by atoms with Crippen molar-refractivity contribution >= 4 is 17.7 Å². The molecule has 3 nitrogen and oxygen atoms in total. The molecule has 1 aliphatic heterocycles. The van der Waals surface area contributed by atoms with Crippen LogP contribution in [0.5, 0.6) is 0 Å². The highest BCUT2D eigenvalue weighted by molar-refractivity contribution is 6.35. The third kappa shape index (κ3) is 1.11. The maximum Gasteiger partial charge on any atom is 0.184 e. The first-order valence-electron chi connectivity index (χ1n) is 4.01. The van der Waals surface area contributed by atoms with E-state index in [0.29, 0.717) is 0 Å². The van der Waals surface area contributed by atoms with Gasteiger partial charge in [0, 0.05) is 0 Å². The summed E-state index contributed by atoms with van der Waals surface area (Å²) in [7, 11) is 0. The summed E-state index contributed by atoms with van der Waals surface area (Å²) in [5.74, 6) is 0.232. The fraction of sp³-hybridized carbons (Fsp3) is 0.625. The van der Waals surface area contributed by atoms with Crippen LogP contribution < -0.4 is 0 Å². The van der Waals surface area contributed by atoms with E-state index in [9.17, 15) is 4.79 Å². The molecule has 1 unspecified atom stereocenters. The summed E-state index contributed by atoms with van der Waals surface area (Å²) < 4.78 is 0. The van der Waals surface area contributed by atoms with E-state index in [0.717, 1.165) is 31.4 Å². The Kier molecular flexibility index (Phi) is 1.56. The van der Waals surface area contributed by atoms with Crippen LogP contribution in [-0.2, 0) is 4.79 Å². The van der Waals surface area contributed by atoms with Crippen molar-refractivity contribution in [2.45, 2.75) is 25.7 Å². The van der Waals surface area contributed by atoms with E-state index < -0.39 is 0 Å².